The van der Waals surface area contributed by atoms with E-state index >= 15 is 0 Å². The number of halogens is 2. The van der Waals surface area contributed by atoms with E-state index in [0.717, 1.165) is 27.5 Å². The fourth-order valence-electron chi connectivity index (χ4n) is 3.21. The van der Waals surface area contributed by atoms with Crippen molar-refractivity contribution < 1.29 is 22.1 Å². The Morgan fingerprint density at radius 2 is 1.54 bits per heavy atom. The summed E-state index contributed by atoms with van der Waals surface area (Å²) in [7, 11) is 2.05. The first-order valence-electron chi connectivity index (χ1n) is 7.44. The molecule has 2 nitrogen and oxygen atoms in total. The molecule has 0 saturated heterocycles. The number of hydrogen-bond donors (Lipinski definition) is 1. The second-order valence-corrected chi connectivity index (χ2v) is 6.10. The topological polar surface area (TPSA) is 24.1 Å². The van der Waals surface area contributed by atoms with Gasteiger partial charge in [0.15, 0.2) is 0 Å². The highest BCUT2D eigenvalue weighted by molar-refractivity contribution is 6.30. The molecule has 0 bridgehead atoms. The Labute approximate surface area is 151 Å². The number of nitrogens with zero attached hydrogens (tertiary/aromatic N) is 1. The summed E-state index contributed by atoms with van der Waals surface area (Å²) in [6.07, 6.45) is 0. The Hall–Kier alpha value is -2.29. The van der Waals surface area contributed by atoms with E-state index in [-0.39, 0.29) is 18.2 Å². The summed E-state index contributed by atoms with van der Waals surface area (Å²) < 4.78 is 2.17. The summed E-state index contributed by atoms with van der Waals surface area (Å²) in [6, 6.07) is 21.6. The van der Waals surface area contributed by atoms with Gasteiger partial charge < -0.3 is 17.5 Å². The lowest BCUT2D eigenvalue weighted by atomic mass is 9.99. The first kappa shape index (κ1) is 16.6. The maximum atomic E-state index is 9.98. The van der Waals surface area contributed by atoms with Crippen LogP contribution in [-0.4, -0.2) is 5.11 Å². The third-order valence-electron chi connectivity index (χ3n) is 4.27. The maximum Gasteiger partial charge on any atom is 0.220 e. The molecule has 120 valence electrons. The van der Waals surface area contributed by atoms with Crippen molar-refractivity contribution in [3.63, 3.8) is 0 Å². The van der Waals surface area contributed by atoms with E-state index in [1.807, 2.05) is 48.5 Å². The van der Waals surface area contributed by atoms with Crippen LogP contribution in [0.3, 0.4) is 0 Å². The SMILES string of the molecule is C[n+]1c(-c2ccc(Cl)cc2)c2cc(O)ccc2c2ccccc21.[Cl-]. The number of fused-ring (bicyclic) bond motifs is 3. The number of aromatic hydroxyl groups is 1. The van der Waals surface area contributed by atoms with Crippen molar-refractivity contribution in [1.29, 1.82) is 0 Å². The molecule has 4 aromatic rings. The number of aromatic nitrogens is 1. The number of pyridine rings is 1. The fraction of sp³-hybridized carbons (Fsp3) is 0.0500. The molecular weight excluding hydrogens is 341 g/mol. The number of para-hydroxylation sites is 1. The van der Waals surface area contributed by atoms with E-state index in [1.165, 1.54) is 5.39 Å². The van der Waals surface area contributed by atoms with Crippen LogP contribution in [0.2, 0.25) is 5.02 Å². The quantitative estimate of drug-likeness (QED) is 0.409. The molecule has 1 heterocycles. The van der Waals surface area contributed by atoms with E-state index in [0.29, 0.717) is 5.02 Å². The van der Waals surface area contributed by atoms with Crippen molar-refractivity contribution in [2.45, 2.75) is 0 Å². The molecule has 0 amide bonds. The normalized spacial score (nSPS) is 10.8. The Bertz CT molecular complexity index is 1040. The van der Waals surface area contributed by atoms with Gasteiger partial charge >= 0.3 is 0 Å². The number of rotatable bonds is 1. The van der Waals surface area contributed by atoms with Gasteiger partial charge in [-0.1, -0.05) is 23.7 Å². The highest BCUT2D eigenvalue weighted by Crippen LogP contribution is 2.33. The van der Waals surface area contributed by atoms with Crippen LogP contribution >= 0.6 is 11.6 Å². The third-order valence-corrected chi connectivity index (χ3v) is 4.52. The number of phenols is 1. The summed E-state index contributed by atoms with van der Waals surface area (Å²) >= 11 is 6.03. The number of hydrogen-bond acceptors (Lipinski definition) is 1. The minimum Gasteiger partial charge on any atom is -1.00 e. The summed E-state index contributed by atoms with van der Waals surface area (Å²) in [6.45, 7) is 0. The molecule has 0 atom stereocenters. The average Bonchev–Trinajstić information content (AvgIpc) is 2.56. The molecule has 0 aliphatic rings. The molecule has 0 aliphatic carbocycles. The first-order valence-corrected chi connectivity index (χ1v) is 7.82. The van der Waals surface area contributed by atoms with Crippen LogP contribution < -0.4 is 17.0 Å². The van der Waals surface area contributed by atoms with Crippen LogP contribution in [0.4, 0.5) is 0 Å². The van der Waals surface area contributed by atoms with Crippen molar-refractivity contribution in [3.8, 4) is 17.0 Å². The Morgan fingerprint density at radius 1 is 0.833 bits per heavy atom. The molecule has 0 aliphatic heterocycles. The standard InChI is InChI=1S/C20H14ClNO.ClH/c1-22-19-5-3-2-4-17(19)16-11-10-15(23)12-18(16)20(22)13-6-8-14(21)9-7-13;/h2-12H,1H3;1H. The smallest absolute Gasteiger partial charge is 0.220 e. The zero-order valence-corrected chi connectivity index (χ0v) is 14.5. The highest BCUT2D eigenvalue weighted by atomic mass is 35.5. The van der Waals surface area contributed by atoms with Crippen LogP contribution in [0.5, 0.6) is 5.75 Å². The van der Waals surface area contributed by atoms with Gasteiger partial charge in [-0.15, -0.1) is 0 Å². The van der Waals surface area contributed by atoms with E-state index in [2.05, 4.69) is 23.7 Å². The lowest BCUT2D eigenvalue weighted by molar-refractivity contribution is -0.632. The van der Waals surface area contributed by atoms with Gasteiger partial charge in [0.2, 0.25) is 11.2 Å². The van der Waals surface area contributed by atoms with Gasteiger partial charge in [-0.25, -0.2) is 0 Å². The lowest BCUT2D eigenvalue weighted by Crippen LogP contribution is -3.00. The molecule has 1 aromatic heterocycles. The summed E-state index contributed by atoms with van der Waals surface area (Å²) in [5, 5.41) is 14.0. The monoisotopic (exact) mass is 355 g/mol. The summed E-state index contributed by atoms with van der Waals surface area (Å²) in [5.74, 6) is 0.267. The molecule has 24 heavy (non-hydrogen) atoms. The third kappa shape index (κ3) is 2.58. The van der Waals surface area contributed by atoms with Crippen LogP contribution in [-0.2, 0) is 7.05 Å². The predicted octanol–water partition coefficient (Wildman–Crippen LogP) is 1.85. The van der Waals surface area contributed by atoms with Gasteiger partial charge in [-0.3, -0.25) is 0 Å². The maximum absolute atomic E-state index is 9.98. The van der Waals surface area contributed by atoms with Crippen molar-refractivity contribution >= 4 is 33.3 Å². The van der Waals surface area contributed by atoms with Gasteiger partial charge in [0.25, 0.3) is 0 Å². The first-order chi connectivity index (χ1) is 11.1. The summed E-state index contributed by atoms with van der Waals surface area (Å²) in [5.41, 5.74) is 3.28. The number of aryl methyl sites for hydroxylation is 1. The van der Waals surface area contributed by atoms with Gasteiger partial charge in [-0.2, -0.15) is 4.57 Å². The zero-order valence-electron chi connectivity index (χ0n) is 13.0. The molecular formula is C20H15Cl2NO. The van der Waals surface area contributed by atoms with Crippen LogP contribution in [0.1, 0.15) is 0 Å². The number of phenolic OH excluding ortho intramolecular Hbond substituents is 1. The summed E-state index contributed by atoms with van der Waals surface area (Å²) in [4.78, 5) is 0. The molecule has 4 heteroatoms. The van der Waals surface area contributed by atoms with E-state index < -0.39 is 0 Å². The highest BCUT2D eigenvalue weighted by Gasteiger charge is 2.20. The second-order valence-electron chi connectivity index (χ2n) is 5.66. The average molecular weight is 356 g/mol. The van der Waals surface area contributed by atoms with Gasteiger partial charge in [0.05, 0.1) is 10.8 Å². The van der Waals surface area contributed by atoms with Gasteiger partial charge in [0, 0.05) is 22.0 Å². The molecule has 0 radical (unpaired) electrons. The molecule has 0 spiro atoms. The molecule has 1 N–H and O–H groups in total. The Balaban J connectivity index is 0.00000169. The molecule has 3 aromatic carbocycles. The lowest BCUT2D eigenvalue weighted by Gasteiger charge is -2.10. The Kier molecular flexibility index (Phi) is 4.35. The van der Waals surface area contributed by atoms with Crippen LogP contribution in [0.15, 0.2) is 66.7 Å². The van der Waals surface area contributed by atoms with Gasteiger partial charge in [0.1, 0.15) is 12.8 Å². The predicted molar refractivity (Wildman–Crippen MR) is 94.7 cm³/mol. The van der Waals surface area contributed by atoms with Crippen LogP contribution in [0.25, 0.3) is 32.9 Å². The molecule has 0 saturated carbocycles. The number of benzene rings is 3. The van der Waals surface area contributed by atoms with E-state index in [9.17, 15) is 5.11 Å². The van der Waals surface area contributed by atoms with Crippen LogP contribution in [0, 0.1) is 0 Å². The Morgan fingerprint density at radius 3 is 2.29 bits per heavy atom. The van der Waals surface area contributed by atoms with Crippen molar-refractivity contribution in [1.82, 2.24) is 0 Å². The van der Waals surface area contributed by atoms with Crippen molar-refractivity contribution in [3.05, 3.63) is 71.8 Å². The molecule has 4 rings (SSSR count). The minimum atomic E-state index is 0. The zero-order chi connectivity index (χ0) is 16.0. The van der Waals surface area contributed by atoms with Crippen molar-refractivity contribution in [2.24, 2.45) is 7.05 Å². The second kappa shape index (κ2) is 6.31. The fourth-order valence-corrected chi connectivity index (χ4v) is 3.34. The van der Waals surface area contributed by atoms with Gasteiger partial charge in [-0.05, 0) is 48.5 Å². The van der Waals surface area contributed by atoms with E-state index in [4.69, 9.17) is 11.6 Å². The molecule has 0 fully saturated rings. The minimum absolute atomic E-state index is 0. The largest absolute Gasteiger partial charge is 1.00 e. The molecule has 0 unspecified atom stereocenters. The van der Waals surface area contributed by atoms with Crippen molar-refractivity contribution in [2.75, 3.05) is 0 Å². The van der Waals surface area contributed by atoms with E-state index in [1.54, 1.807) is 6.07 Å².